The number of fused-ring (bicyclic) bond motifs is 4. The van der Waals surface area contributed by atoms with Crippen LogP contribution in [0.2, 0.25) is 0 Å². The molecule has 1 unspecified atom stereocenters. The van der Waals surface area contributed by atoms with Crippen LogP contribution in [0.5, 0.6) is 0 Å². The van der Waals surface area contributed by atoms with Crippen LogP contribution in [0.3, 0.4) is 0 Å². The average Bonchev–Trinajstić information content (AvgIpc) is 3.46. The molecule has 2 N–H and O–H groups in total. The number of alkyl carbamates (subject to hydrolysis) is 1. The molecule has 0 bridgehead atoms. The number of nitrogens with one attached hydrogen (secondary N) is 1. The summed E-state index contributed by atoms with van der Waals surface area (Å²) in [6.45, 7) is 2.27. The van der Waals surface area contributed by atoms with Gasteiger partial charge >= 0.3 is 12.2 Å². The van der Waals surface area contributed by atoms with Gasteiger partial charge in [-0.1, -0.05) is 0 Å². The molecule has 5 rings (SSSR count). The maximum absolute atomic E-state index is 12.4. The number of carbonyl (C=O) groups is 2. The highest BCUT2D eigenvalue weighted by molar-refractivity contribution is 5.94. The van der Waals surface area contributed by atoms with Gasteiger partial charge in [-0.3, -0.25) is 9.58 Å². The van der Waals surface area contributed by atoms with Gasteiger partial charge < -0.3 is 24.8 Å². The molecule has 3 aliphatic rings. The van der Waals surface area contributed by atoms with Crippen LogP contribution >= 0.6 is 0 Å². The summed E-state index contributed by atoms with van der Waals surface area (Å²) in [6.07, 6.45) is 1.31. The van der Waals surface area contributed by atoms with E-state index in [-0.39, 0.29) is 25.3 Å². The first kappa shape index (κ1) is 18.7. The van der Waals surface area contributed by atoms with E-state index in [0.717, 1.165) is 29.2 Å². The molecule has 1 saturated heterocycles. The quantitative estimate of drug-likeness (QED) is 0.753. The summed E-state index contributed by atoms with van der Waals surface area (Å²) < 4.78 is 11.8. The maximum atomic E-state index is 12.4. The Balaban J connectivity index is 1.31. The van der Waals surface area contributed by atoms with E-state index in [0.29, 0.717) is 19.5 Å². The van der Waals surface area contributed by atoms with E-state index in [4.69, 9.17) is 9.84 Å². The summed E-state index contributed by atoms with van der Waals surface area (Å²) >= 11 is 0. The molecule has 158 valence electrons. The lowest BCUT2D eigenvalue weighted by Gasteiger charge is -2.19. The third kappa shape index (κ3) is 3.04. The fourth-order valence-electron chi connectivity index (χ4n) is 4.50. The SMILES string of the molecule is COC(=O)NC[C@@H]1OC(=O)N2c3ccc(N4Cc5cn(CCO)nc5C4)cc3CC12. The van der Waals surface area contributed by atoms with Crippen LogP contribution in [0.1, 0.15) is 16.8 Å². The molecule has 0 radical (unpaired) electrons. The van der Waals surface area contributed by atoms with Gasteiger partial charge in [0.1, 0.15) is 6.10 Å². The molecular formula is C20H23N5O5. The normalized spacial score (nSPS) is 21.3. The van der Waals surface area contributed by atoms with Crippen molar-refractivity contribution in [2.75, 3.05) is 30.1 Å². The number of hydrogen-bond acceptors (Lipinski definition) is 7. The van der Waals surface area contributed by atoms with E-state index in [1.54, 1.807) is 9.58 Å². The zero-order chi connectivity index (χ0) is 20.8. The first-order chi connectivity index (χ1) is 14.6. The molecule has 0 saturated carbocycles. The van der Waals surface area contributed by atoms with Crippen LogP contribution in [-0.2, 0) is 35.5 Å². The molecule has 10 nitrogen and oxygen atoms in total. The second-order valence-corrected chi connectivity index (χ2v) is 7.69. The molecule has 30 heavy (non-hydrogen) atoms. The Morgan fingerprint density at radius 3 is 3.00 bits per heavy atom. The van der Waals surface area contributed by atoms with E-state index < -0.39 is 12.2 Å². The minimum atomic E-state index is -0.545. The summed E-state index contributed by atoms with van der Waals surface area (Å²) in [5, 5.41) is 16.2. The van der Waals surface area contributed by atoms with Crippen molar-refractivity contribution in [1.29, 1.82) is 0 Å². The Hall–Kier alpha value is -3.27. The number of ether oxygens (including phenoxy) is 2. The summed E-state index contributed by atoms with van der Waals surface area (Å²) in [7, 11) is 1.30. The smallest absolute Gasteiger partial charge is 0.415 e. The van der Waals surface area contributed by atoms with Gasteiger partial charge in [0.2, 0.25) is 0 Å². The number of amides is 2. The fourth-order valence-corrected chi connectivity index (χ4v) is 4.50. The van der Waals surface area contributed by atoms with E-state index in [1.807, 2.05) is 18.3 Å². The predicted molar refractivity (Wildman–Crippen MR) is 106 cm³/mol. The van der Waals surface area contributed by atoms with E-state index in [1.165, 1.54) is 12.7 Å². The Morgan fingerprint density at radius 1 is 1.37 bits per heavy atom. The van der Waals surface area contributed by atoms with Gasteiger partial charge in [0, 0.05) is 24.0 Å². The third-order valence-electron chi connectivity index (χ3n) is 5.92. The van der Waals surface area contributed by atoms with Crippen molar-refractivity contribution in [3.8, 4) is 0 Å². The number of aromatic nitrogens is 2. The van der Waals surface area contributed by atoms with Crippen molar-refractivity contribution >= 4 is 23.6 Å². The van der Waals surface area contributed by atoms with E-state index >= 15 is 0 Å². The molecule has 1 aromatic carbocycles. The van der Waals surface area contributed by atoms with Crippen molar-refractivity contribution in [2.45, 2.75) is 38.2 Å². The molecule has 10 heteroatoms. The largest absolute Gasteiger partial charge is 0.453 e. The number of nitrogens with zero attached hydrogens (tertiary/aromatic N) is 4. The molecule has 0 aliphatic carbocycles. The number of benzene rings is 1. The highest BCUT2D eigenvalue weighted by Gasteiger charge is 2.47. The van der Waals surface area contributed by atoms with Gasteiger partial charge in [-0.2, -0.15) is 5.10 Å². The summed E-state index contributed by atoms with van der Waals surface area (Å²) in [4.78, 5) is 27.7. The molecule has 4 heterocycles. The minimum absolute atomic E-state index is 0.0747. The summed E-state index contributed by atoms with van der Waals surface area (Å²) in [5.41, 5.74) is 5.23. The van der Waals surface area contributed by atoms with Crippen LogP contribution in [-0.4, -0.2) is 59.5 Å². The van der Waals surface area contributed by atoms with Crippen LogP contribution < -0.4 is 15.1 Å². The highest BCUT2D eigenvalue weighted by Crippen LogP contribution is 2.41. The fraction of sp³-hybridized carbons (Fsp3) is 0.450. The lowest BCUT2D eigenvalue weighted by atomic mass is 10.0. The lowest BCUT2D eigenvalue weighted by molar-refractivity contribution is 0.123. The monoisotopic (exact) mass is 413 g/mol. The number of anilines is 2. The number of aliphatic hydroxyl groups is 1. The van der Waals surface area contributed by atoms with Crippen molar-refractivity contribution in [1.82, 2.24) is 15.1 Å². The van der Waals surface area contributed by atoms with Crippen molar-refractivity contribution in [3.05, 3.63) is 41.2 Å². The zero-order valence-electron chi connectivity index (χ0n) is 16.6. The van der Waals surface area contributed by atoms with Crippen LogP contribution in [0.25, 0.3) is 0 Å². The Bertz CT molecular complexity index is 982. The first-order valence-corrected chi connectivity index (χ1v) is 9.93. The van der Waals surface area contributed by atoms with Crippen molar-refractivity contribution in [3.63, 3.8) is 0 Å². The number of rotatable bonds is 5. The number of cyclic esters (lactones) is 1. The van der Waals surface area contributed by atoms with Gasteiger partial charge in [0.25, 0.3) is 0 Å². The average molecular weight is 413 g/mol. The lowest BCUT2D eigenvalue weighted by Crippen LogP contribution is -2.40. The summed E-state index contributed by atoms with van der Waals surface area (Å²) in [5.74, 6) is 0. The van der Waals surface area contributed by atoms with Crippen LogP contribution in [0, 0.1) is 0 Å². The summed E-state index contributed by atoms with van der Waals surface area (Å²) in [6, 6.07) is 5.96. The molecular weight excluding hydrogens is 390 g/mol. The number of carbonyl (C=O) groups excluding carboxylic acids is 2. The van der Waals surface area contributed by atoms with Crippen LogP contribution in [0.4, 0.5) is 21.0 Å². The van der Waals surface area contributed by atoms with Gasteiger partial charge in [0.05, 0.1) is 50.8 Å². The van der Waals surface area contributed by atoms with E-state index in [2.05, 4.69) is 26.1 Å². The molecule has 2 atom stereocenters. The highest BCUT2D eigenvalue weighted by atomic mass is 16.6. The molecule has 1 fully saturated rings. The molecule has 1 aromatic heterocycles. The minimum Gasteiger partial charge on any atom is -0.453 e. The second-order valence-electron chi connectivity index (χ2n) is 7.69. The predicted octanol–water partition coefficient (Wildman–Crippen LogP) is 1.00. The van der Waals surface area contributed by atoms with Crippen LogP contribution in [0.15, 0.2) is 24.4 Å². The van der Waals surface area contributed by atoms with Gasteiger partial charge in [-0.05, 0) is 30.2 Å². The molecule has 2 aromatic rings. The zero-order valence-corrected chi connectivity index (χ0v) is 16.6. The second kappa shape index (κ2) is 7.21. The van der Waals surface area contributed by atoms with Crippen molar-refractivity contribution < 1.29 is 24.2 Å². The molecule has 2 amide bonds. The number of aliphatic hydroxyl groups excluding tert-OH is 1. The number of hydrogen-bond donors (Lipinski definition) is 2. The molecule has 0 spiro atoms. The first-order valence-electron chi connectivity index (χ1n) is 9.93. The third-order valence-corrected chi connectivity index (χ3v) is 5.92. The van der Waals surface area contributed by atoms with E-state index in [9.17, 15) is 9.59 Å². The standard InChI is InChI=1S/C20H23N5O5/c1-29-19(27)21-8-18-17-7-12-6-14(2-3-16(12)25(17)20(28)30-18)23-9-13-10-24(4-5-26)22-15(13)11-23/h2-3,6,10,17-18,26H,4-5,7-9,11H2,1H3,(H,21,27)/t17?,18-/m0/s1. The van der Waals surface area contributed by atoms with Crippen molar-refractivity contribution in [2.24, 2.45) is 0 Å². The molecule has 3 aliphatic heterocycles. The maximum Gasteiger partial charge on any atom is 0.415 e. The van der Waals surface area contributed by atoms with Gasteiger partial charge in [-0.15, -0.1) is 0 Å². The van der Waals surface area contributed by atoms with Gasteiger partial charge in [-0.25, -0.2) is 9.59 Å². The van der Waals surface area contributed by atoms with Gasteiger partial charge in [0.15, 0.2) is 0 Å². The number of methoxy groups -OCH3 is 1. The Kier molecular flexibility index (Phi) is 4.50. The Morgan fingerprint density at radius 2 is 2.23 bits per heavy atom. The topological polar surface area (TPSA) is 109 Å². The Labute approximate surface area is 173 Å².